The van der Waals surface area contributed by atoms with Crippen LogP contribution in [0.2, 0.25) is 0 Å². The van der Waals surface area contributed by atoms with Crippen LogP contribution in [0, 0.1) is 0 Å². The van der Waals surface area contributed by atoms with Gasteiger partial charge < -0.3 is 10.4 Å². The van der Waals surface area contributed by atoms with Gasteiger partial charge in [-0.2, -0.15) is 0 Å². The van der Waals surface area contributed by atoms with E-state index in [2.05, 4.69) is 5.32 Å². The van der Waals surface area contributed by atoms with Gasteiger partial charge in [0, 0.05) is 12.1 Å². The standard InChI is InChI=1S/C7H15NO3S/c1-7(8-3-4-9)2-5-12(10,11)6-7/h8-9H,2-6H2,1H3/t7-/m0/s1. The van der Waals surface area contributed by atoms with E-state index in [4.69, 9.17) is 5.11 Å². The molecule has 1 aliphatic heterocycles. The van der Waals surface area contributed by atoms with Crippen molar-refractivity contribution in [2.24, 2.45) is 0 Å². The molecule has 1 fully saturated rings. The Balaban J connectivity index is 2.53. The molecule has 0 spiro atoms. The predicted octanol–water partition coefficient (Wildman–Crippen LogP) is -0.854. The van der Waals surface area contributed by atoms with Crippen molar-refractivity contribution < 1.29 is 13.5 Å². The molecule has 0 bridgehead atoms. The average Bonchev–Trinajstić information content (AvgIpc) is 2.23. The highest BCUT2D eigenvalue weighted by atomic mass is 32.2. The maximum Gasteiger partial charge on any atom is 0.152 e. The molecule has 1 heterocycles. The number of aliphatic hydroxyl groups excluding tert-OH is 1. The largest absolute Gasteiger partial charge is 0.395 e. The molecule has 0 aliphatic carbocycles. The van der Waals surface area contributed by atoms with Gasteiger partial charge in [0.05, 0.1) is 18.1 Å². The molecule has 0 aromatic carbocycles. The van der Waals surface area contributed by atoms with Crippen molar-refractivity contribution in [3.05, 3.63) is 0 Å². The van der Waals surface area contributed by atoms with E-state index in [1.165, 1.54) is 0 Å². The van der Waals surface area contributed by atoms with Gasteiger partial charge in [-0.1, -0.05) is 0 Å². The molecule has 4 nitrogen and oxygen atoms in total. The highest BCUT2D eigenvalue weighted by Gasteiger charge is 2.37. The van der Waals surface area contributed by atoms with Crippen LogP contribution >= 0.6 is 0 Å². The number of rotatable bonds is 3. The Morgan fingerprint density at radius 2 is 2.25 bits per heavy atom. The predicted molar refractivity (Wildman–Crippen MR) is 46.8 cm³/mol. The fraction of sp³-hybridized carbons (Fsp3) is 1.00. The molecule has 1 saturated heterocycles. The Hall–Kier alpha value is -0.130. The van der Waals surface area contributed by atoms with Gasteiger partial charge in [0.2, 0.25) is 0 Å². The molecule has 0 saturated carbocycles. The molecule has 72 valence electrons. The molecule has 0 radical (unpaired) electrons. The summed E-state index contributed by atoms with van der Waals surface area (Å²) in [5, 5.41) is 11.6. The van der Waals surface area contributed by atoms with Crippen LogP contribution in [0.15, 0.2) is 0 Å². The summed E-state index contributed by atoms with van der Waals surface area (Å²) in [6.45, 7) is 2.40. The summed E-state index contributed by atoms with van der Waals surface area (Å²) in [5.74, 6) is 0.460. The van der Waals surface area contributed by atoms with E-state index in [1.54, 1.807) is 0 Å². The Morgan fingerprint density at radius 1 is 1.58 bits per heavy atom. The Bertz CT molecular complexity index is 249. The van der Waals surface area contributed by atoms with E-state index in [-0.39, 0.29) is 23.7 Å². The highest BCUT2D eigenvalue weighted by molar-refractivity contribution is 7.91. The van der Waals surface area contributed by atoms with Gasteiger partial charge in [0.25, 0.3) is 0 Å². The summed E-state index contributed by atoms with van der Waals surface area (Å²) in [6.07, 6.45) is 0.648. The van der Waals surface area contributed by atoms with Gasteiger partial charge in [0.1, 0.15) is 0 Å². The monoisotopic (exact) mass is 193 g/mol. The first kappa shape index (κ1) is 9.95. The SMILES string of the molecule is C[C@]1(NCCO)CCS(=O)(=O)C1. The summed E-state index contributed by atoms with van der Waals surface area (Å²) in [6, 6.07) is 0. The summed E-state index contributed by atoms with van der Waals surface area (Å²) < 4.78 is 22.2. The van der Waals surface area contributed by atoms with Gasteiger partial charge in [0.15, 0.2) is 9.84 Å². The minimum atomic E-state index is -2.83. The van der Waals surface area contributed by atoms with Crippen molar-refractivity contribution in [3.63, 3.8) is 0 Å². The van der Waals surface area contributed by atoms with Crippen LogP contribution in [0.3, 0.4) is 0 Å². The third kappa shape index (κ3) is 2.43. The quantitative estimate of drug-likeness (QED) is 0.612. The lowest BCUT2D eigenvalue weighted by atomic mass is 10.0. The first-order valence-electron chi connectivity index (χ1n) is 4.04. The van der Waals surface area contributed by atoms with E-state index >= 15 is 0 Å². The molecule has 1 aliphatic rings. The van der Waals surface area contributed by atoms with Crippen LogP contribution in [-0.2, 0) is 9.84 Å². The van der Waals surface area contributed by atoms with Crippen LogP contribution < -0.4 is 5.32 Å². The summed E-state index contributed by atoms with van der Waals surface area (Å²) in [5.41, 5.74) is -0.318. The third-order valence-electron chi connectivity index (χ3n) is 2.17. The molecule has 0 aromatic heterocycles. The van der Waals surface area contributed by atoms with Crippen molar-refractivity contribution in [2.75, 3.05) is 24.7 Å². The van der Waals surface area contributed by atoms with Crippen LogP contribution in [0.4, 0.5) is 0 Å². The normalized spacial score (nSPS) is 33.8. The van der Waals surface area contributed by atoms with E-state index in [0.717, 1.165) is 0 Å². The smallest absolute Gasteiger partial charge is 0.152 e. The topological polar surface area (TPSA) is 66.4 Å². The first-order chi connectivity index (χ1) is 5.47. The molecule has 2 N–H and O–H groups in total. The van der Waals surface area contributed by atoms with Crippen molar-refractivity contribution in [3.8, 4) is 0 Å². The average molecular weight is 193 g/mol. The molecular formula is C7H15NO3S. The van der Waals surface area contributed by atoms with Crippen LogP contribution in [-0.4, -0.2) is 43.7 Å². The van der Waals surface area contributed by atoms with Crippen molar-refractivity contribution >= 4 is 9.84 Å². The van der Waals surface area contributed by atoms with E-state index in [0.29, 0.717) is 13.0 Å². The molecule has 12 heavy (non-hydrogen) atoms. The second kappa shape index (κ2) is 3.32. The molecule has 5 heteroatoms. The number of sulfone groups is 1. The van der Waals surface area contributed by atoms with Crippen LogP contribution in [0.1, 0.15) is 13.3 Å². The van der Waals surface area contributed by atoms with E-state index < -0.39 is 9.84 Å². The Morgan fingerprint density at radius 3 is 2.67 bits per heavy atom. The molecule has 0 amide bonds. The van der Waals surface area contributed by atoms with Crippen molar-refractivity contribution in [1.29, 1.82) is 0 Å². The van der Waals surface area contributed by atoms with Crippen LogP contribution in [0.5, 0.6) is 0 Å². The van der Waals surface area contributed by atoms with E-state index in [9.17, 15) is 8.42 Å². The maximum atomic E-state index is 11.1. The molecule has 0 aromatic rings. The Labute approximate surface area is 72.9 Å². The van der Waals surface area contributed by atoms with Crippen molar-refractivity contribution in [2.45, 2.75) is 18.9 Å². The molecular weight excluding hydrogens is 178 g/mol. The Kier molecular flexibility index (Phi) is 2.75. The van der Waals surface area contributed by atoms with Gasteiger partial charge in [-0.3, -0.25) is 0 Å². The van der Waals surface area contributed by atoms with Gasteiger partial charge in [-0.15, -0.1) is 0 Å². The van der Waals surface area contributed by atoms with Gasteiger partial charge in [-0.25, -0.2) is 8.42 Å². The van der Waals surface area contributed by atoms with E-state index in [1.807, 2.05) is 6.92 Å². The molecule has 1 rings (SSSR count). The minimum Gasteiger partial charge on any atom is -0.395 e. The second-order valence-corrected chi connectivity index (χ2v) is 5.74. The lowest BCUT2D eigenvalue weighted by molar-refractivity contribution is 0.267. The lowest BCUT2D eigenvalue weighted by Crippen LogP contribution is -2.44. The number of aliphatic hydroxyl groups is 1. The number of hydrogen-bond donors (Lipinski definition) is 2. The third-order valence-corrected chi connectivity index (χ3v) is 4.07. The fourth-order valence-corrected chi connectivity index (χ4v) is 3.63. The fourth-order valence-electron chi connectivity index (χ4n) is 1.51. The van der Waals surface area contributed by atoms with Gasteiger partial charge >= 0.3 is 0 Å². The number of hydrogen-bond acceptors (Lipinski definition) is 4. The number of β-amino-alcohol motifs (C(OH)–C–C–N with tert-alkyl or cyclic N) is 1. The summed E-state index contributed by atoms with van der Waals surface area (Å²) in [7, 11) is -2.83. The summed E-state index contributed by atoms with van der Waals surface area (Å²) >= 11 is 0. The zero-order valence-electron chi connectivity index (χ0n) is 7.21. The summed E-state index contributed by atoms with van der Waals surface area (Å²) in [4.78, 5) is 0. The highest BCUT2D eigenvalue weighted by Crippen LogP contribution is 2.22. The van der Waals surface area contributed by atoms with Crippen molar-refractivity contribution in [1.82, 2.24) is 5.32 Å². The second-order valence-electron chi connectivity index (χ2n) is 3.55. The zero-order chi connectivity index (χ0) is 9.24. The van der Waals surface area contributed by atoms with Crippen LogP contribution in [0.25, 0.3) is 0 Å². The molecule has 0 unspecified atom stereocenters. The number of nitrogens with one attached hydrogen (secondary N) is 1. The molecule has 1 atom stereocenters. The zero-order valence-corrected chi connectivity index (χ0v) is 8.02. The minimum absolute atomic E-state index is 0.0512. The maximum absolute atomic E-state index is 11.1. The first-order valence-corrected chi connectivity index (χ1v) is 5.86. The van der Waals surface area contributed by atoms with Gasteiger partial charge in [-0.05, 0) is 13.3 Å². The lowest BCUT2D eigenvalue weighted by Gasteiger charge is -2.23.